The zero-order chi connectivity index (χ0) is 8.55. The number of allylic oxidation sites excluding steroid dienone is 4. The lowest BCUT2D eigenvalue weighted by Gasteiger charge is -2.17. The van der Waals surface area contributed by atoms with E-state index >= 15 is 0 Å². The molecule has 0 saturated heterocycles. The smallest absolute Gasteiger partial charge is 0.146 e. The van der Waals surface area contributed by atoms with E-state index in [1.54, 1.807) is 0 Å². The van der Waals surface area contributed by atoms with Gasteiger partial charge in [-0.15, -0.1) is 0 Å². The molecule has 2 aliphatic carbocycles. The normalized spacial score (nSPS) is 28.4. The van der Waals surface area contributed by atoms with Crippen LogP contribution in [-0.2, 0) is 4.79 Å². The first-order valence-corrected chi connectivity index (χ1v) is 4.71. The Morgan fingerprint density at radius 1 is 1.42 bits per heavy atom. The molecular weight excluding hydrogens is 148 g/mol. The summed E-state index contributed by atoms with van der Waals surface area (Å²) in [6.45, 7) is 2.15. The molecule has 0 unspecified atom stereocenters. The summed E-state index contributed by atoms with van der Waals surface area (Å²) >= 11 is 0. The maximum absolute atomic E-state index is 10.7. The Bertz CT molecular complexity index is 271. The highest BCUT2D eigenvalue weighted by atomic mass is 16.1. The van der Waals surface area contributed by atoms with Crippen LogP contribution in [0.5, 0.6) is 0 Å². The van der Waals surface area contributed by atoms with Gasteiger partial charge in [-0.2, -0.15) is 0 Å². The fraction of sp³-hybridized carbons (Fsp3) is 0.545. The zero-order valence-electron chi connectivity index (χ0n) is 7.47. The van der Waals surface area contributed by atoms with Crippen molar-refractivity contribution in [2.75, 3.05) is 0 Å². The summed E-state index contributed by atoms with van der Waals surface area (Å²) in [6, 6.07) is 0. The van der Waals surface area contributed by atoms with Crippen molar-refractivity contribution in [2.24, 2.45) is 5.92 Å². The summed E-state index contributed by atoms with van der Waals surface area (Å²) in [5, 5.41) is 0. The van der Waals surface area contributed by atoms with E-state index in [-0.39, 0.29) is 0 Å². The van der Waals surface area contributed by atoms with E-state index in [1.165, 1.54) is 36.8 Å². The quantitative estimate of drug-likeness (QED) is 0.542. The van der Waals surface area contributed by atoms with E-state index in [4.69, 9.17) is 0 Å². The average Bonchev–Trinajstić information content (AvgIpc) is 2.44. The summed E-state index contributed by atoms with van der Waals surface area (Å²) in [4.78, 5) is 10.7. The Labute approximate surface area is 73.2 Å². The van der Waals surface area contributed by atoms with Crippen LogP contribution < -0.4 is 0 Å². The lowest BCUT2D eigenvalue weighted by atomic mass is 9.88. The van der Waals surface area contributed by atoms with Gasteiger partial charge in [-0.3, -0.25) is 4.79 Å². The Hall–Kier alpha value is -0.850. The van der Waals surface area contributed by atoms with E-state index in [0.29, 0.717) is 5.92 Å². The second-order valence-electron chi connectivity index (χ2n) is 3.74. The Balaban J connectivity index is 2.29. The third-order valence-corrected chi connectivity index (χ3v) is 3.05. The predicted octanol–water partition coefficient (Wildman–Crippen LogP) is 2.63. The van der Waals surface area contributed by atoms with Gasteiger partial charge in [0, 0.05) is 5.92 Å². The molecule has 1 nitrogen and oxygen atoms in total. The monoisotopic (exact) mass is 162 g/mol. The topological polar surface area (TPSA) is 17.1 Å². The minimum absolute atomic E-state index is 0.415. The molecule has 1 atom stereocenters. The molecule has 0 bridgehead atoms. The molecule has 2 aliphatic rings. The summed E-state index contributed by atoms with van der Waals surface area (Å²) < 4.78 is 0. The first-order chi connectivity index (χ1) is 5.83. The zero-order valence-corrected chi connectivity index (χ0v) is 7.47. The summed E-state index contributed by atoms with van der Waals surface area (Å²) in [7, 11) is 0. The van der Waals surface area contributed by atoms with Gasteiger partial charge < -0.3 is 0 Å². The van der Waals surface area contributed by atoms with Crippen molar-refractivity contribution in [1.29, 1.82) is 0 Å². The van der Waals surface area contributed by atoms with Crippen LogP contribution in [0.15, 0.2) is 22.8 Å². The maximum Gasteiger partial charge on any atom is 0.146 e. The molecule has 0 radical (unpaired) electrons. The van der Waals surface area contributed by atoms with E-state index in [9.17, 15) is 4.79 Å². The van der Waals surface area contributed by atoms with Gasteiger partial charge in [-0.05, 0) is 36.8 Å². The third-order valence-electron chi connectivity index (χ3n) is 3.05. The highest BCUT2D eigenvalue weighted by molar-refractivity contribution is 5.78. The summed E-state index contributed by atoms with van der Waals surface area (Å²) in [5.41, 5.74) is 3.97. The number of carbonyl (C=O) groups is 1. The van der Waals surface area contributed by atoms with Crippen molar-refractivity contribution < 1.29 is 4.79 Å². The van der Waals surface area contributed by atoms with Crippen molar-refractivity contribution in [3.05, 3.63) is 22.8 Å². The second-order valence-corrected chi connectivity index (χ2v) is 3.74. The van der Waals surface area contributed by atoms with E-state index in [1.807, 2.05) is 0 Å². The molecule has 0 aromatic carbocycles. The summed E-state index contributed by atoms with van der Waals surface area (Å²) in [5.74, 6) is 0.415. The minimum Gasteiger partial charge on any atom is -0.298 e. The van der Waals surface area contributed by atoms with Crippen LogP contribution in [0.1, 0.15) is 32.6 Å². The predicted molar refractivity (Wildman–Crippen MR) is 48.8 cm³/mol. The van der Waals surface area contributed by atoms with Gasteiger partial charge in [-0.1, -0.05) is 18.6 Å². The first-order valence-electron chi connectivity index (χ1n) is 4.71. The molecule has 0 spiro atoms. The van der Waals surface area contributed by atoms with Crippen LogP contribution in [0.3, 0.4) is 0 Å². The van der Waals surface area contributed by atoms with Gasteiger partial charge in [-0.25, -0.2) is 0 Å². The average molecular weight is 162 g/mol. The fourth-order valence-corrected chi connectivity index (χ4v) is 2.27. The molecule has 0 amide bonds. The van der Waals surface area contributed by atoms with Gasteiger partial charge in [0.05, 0.1) is 0 Å². The highest BCUT2D eigenvalue weighted by Crippen LogP contribution is 2.39. The standard InChI is InChI=1S/C11H14O/c1-8-10(7-12)6-9-4-2-3-5-11(8)9/h6-8H,2-5H2,1H3/t8-/m0/s1. The van der Waals surface area contributed by atoms with Crippen LogP contribution in [0.2, 0.25) is 0 Å². The summed E-state index contributed by atoms with van der Waals surface area (Å²) in [6.07, 6.45) is 8.13. The van der Waals surface area contributed by atoms with Crippen LogP contribution >= 0.6 is 0 Å². The Morgan fingerprint density at radius 2 is 2.17 bits per heavy atom. The number of hydrogen-bond donors (Lipinski definition) is 0. The molecule has 0 saturated carbocycles. The number of hydrogen-bond acceptors (Lipinski definition) is 1. The number of rotatable bonds is 1. The molecule has 0 aromatic rings. The van der Waals surface area contributed by atoms with Gasteiger partial charge in [0.25, 0.3) is 0 Å². The van der Waals surface area contributed by atoms with Crippen LogP contribution in [0.25, 0.3) is 0 Å². The fourth-order valence-electron chi connectivity index (χ4n) is 2.27. The highest BCUT2D eigenvalue weighted by Gasteiger charge is 2.24. The molecule has 0 heterocycles. The lowest BCUT2D eigenvalue weighted by molar-refractivity contribution is -0.105. The molecule has 2 rings (SSSR count). The molecule has 0 aromatic heterocycles. The van der Waals surface area contributed by atoms with E-state index < -0.39 is 0 Å². The molecule has 64 valence electrons. The molecule has 0 aliphatic heterocycles. The Kier molecular flexibility index (Phi) is 1.87. The van der Waals surface area contributed by atoms with Crippen molar-refractivity contribution in [3.8, 4) is 0 Å². The molecule has 1 heteroatoms. The van der Waals surface area contributed by atoms with Crippen molar-refractivity contribution >= 4 is 6.29 Å². The van der Waals surface area contributed by atoms with Gasteiger partial charge in [0.1, 0.15) is 6.29 Å². The van der Waals surface area contributed by atoms with E-state index in [2.05, 4.69) is 13.0 Å². The molecule has 0 N–H and O–H groups in total. The molecule has 12 heavy (non-hydrogen) atoms. The number of aldehydes is 1. The van der Waals surface area contributed by atoms with Crippen LogP contribution in [-0.4, -0.2) is 6.29 Å². The largest absolute Gasteiger partial charge is 0.298 e. The van der Waals surface area contributed by atoms with Crippen LogP contribution in [0, 0.1) is 5.92 Å². The second kappa shape index (κ2) is 2.89. The van der Waals surface area contributed by atoms with Crippen molar-refractivity contribution in [2.45, 2.75) is 32.6 Å². The molecular formula is C11H14O. The van der Waals surface area contributed by atoms with Crippen molar-refractivity contribution in [3.63, 3.8) is 0 Å². The van der Waals surface area contributed by atoms with Crippen molar-refractivity contribution in [1.82, 2.24) is 0 Å². The molecule has 0 fully saturated rings. The lowest BCUT2D eigenvalue weighted by Crippen LogP contribution is -2.03. The maximum atomic E-state index is 10.7. The van der Waals surface area contributed by atoms with Gasteiger partial charge >= 0.3 is 0 Å². The van der Waals surface area contributed by atoms with Gasteiger partial charge in [0.2, 0.25) is 0 Å². The minimum atomic E-state index is 0.415. The first kappa shape index (κ1) is 7.78. The number of carbonyl (C=O) groups excluding carboxylic acids is 1. The third kappa shape index (κ3) is 1.04. The van der Waals surface area contributed by atoms with Crippen LogP contribution in [0.4, 0.5) is 0 Å². The van der Waals surface area contributed by atoms with E-state index in [0.717, 1.165) is 11.9 Å². The Morgan fingerprint density at radius 3 is 2.83 bits per heavy atom. The SMILES string of the molecule is C[C@H]1C(C=O)=CC2=C1CCCC2. The van der Waals surface area contributed by atoms with Gasteiger partial charge in [0.15, 0.2) is 0 Å².